The summed E-state index contributed by atoms with van der Waals surface area (Å²) in [6.07, 6.45) is 9.44. The molecule has 1 fully saturated rings. The first-order chi connectivity index (χ1) is 10.3. The summed E-state index contributed by atoms with van der Waals surface area (Å²) in [5.74, 6) is 0.150. The molecule has 2 aliphatic heterocycles. The fourth-order valence-electron chi connectivity index (χ4n) is 2.90. The maximum absolute atomic E-state index is 13.9. The van der Waals surface area contributed by atoms with E-state index in [1.165, 1.54) is 6.07 Å². The van der Waals surface area contributed by atoms with Crippen LogP contribution in [0.25, 0.3) is 0 Å². The summed E-state index contributed by atoms with van der Waals surface area (Å²) >= 11 is 0. The molecule has 21 heavy (non-hydrogen) atoms. The van der Waals surface area contributed by atoms with Crippen molar-refractivity contribution in [3.8, 4) is 0 Å². The highest BCUT2D eigenvalue weighted by molar-refractivity contribution is 6.02. The number of carbonyl (C=O) groups excluding carboxylic acids is 1. The van der Waals surface area contributed by atoms with Crippen LogP contribution in [-0.4, -0.2) is 22.6 Å². The Labute approximate surface area is 121 Å². The van der Waals surface area contributed by atoms with Gasteiger partial charge in [0.1, 0.15) is 17.9 Å². The second-order valence-corrected chi connectivity index (χ2v) is 5.13. The lowest BCUT2D eigenvalue weighted by Crippen LogP contribution is -2.74. The van der Waals surface area contributed by atoms with Gasteiger partial charge < -0.3 is 5.32 Å². The van der Waals surface area contributed by atoms with E-state index in [0.717, 1.165) is 5.71 Å². The lowest BCUT2D eigenvalue weighted by Gasteiger charge is -2.25. The highest BCUT2D eigenvalue weighted by atomic mass is 19.1. The van der Waals surface area contributed by atoms with Crippen molar-refractivity contribution in [2.75, 3.05) is 0 Å². The number of benzene rings is 1. The number of carbonyl (C=O) groups is 1. The van der Waals surface area contributed by atoms with Crippen LogP contribution in [0.2, 0.25) is 0 Å². The maximum atomic E-state index is 13.9. The Kier molecular flexibility index (Phi) is 2.54. The number of amides is 1. The summed E-state index contributed by atoms with van der Waals surface area (Å²) in [5, 5.41) is 3.10. The van der Waals surface area contributed by atoms with E-state index in [4.69, 9.17) is 0 Å². The minimum atomic E-state index is -0.682. The zero-order valence-electron chi connectivity index (χ0n) is 11.1. The van der Waals surface area contributed by atoms with Gasteiger partial charge in [-0.25, -0.2) is 9.38 Å². The third-order valence-corrected chi connectivity index (χ3v) is 3.91. The van der Waals surface area contributed by atoms with Crippen LogP contribution in [0.1, 0.15) is 11.6 Å². The van der Waals surface area contributed by atoms with E-state index in [1.54, 1.807) is 29.3 Å². The molecular formula is C16H13FN3O+. The molecular weight excluding hydrogens is 269 g/mol. The summed E-state index contributed by atoms with van der Waals surface area (Å²) < 4.78 is 13.9. The minimum absolute atomic E-state index is 0.143. The molecule has 5 heteroatoms. The number of nitrogens with zero attached hydrogens (tertiary/aromatic N) is 1. The van der Waals surface area contributed by atoms with Crippen LogP contribution in [-0.2, 0) is 4.79 Å². The van der Waals surface area contributed by atoms with Crippen molar-refractivity contribution in [1.29, 1.82) is 0 Å². The van der Waals surface area contributed by atoms with Crippen LogP contribution in [0.4, 0.5) is 4.39 Å². The number of fused-ring (bicyclic) bond motifs is 3. The normalized spacial score (nSPS) is 26.0. The van der Waals surface area contributed by atoms with Crippen LogP contribution in [0.5, 0.6) is 0 Å². The van der Waals surface area contributed by atoms with Crippen molar-refractivity contribution in [1.82, 2.24) is 10.2 Å². The molecule has 1 aromatic carbocycles. The topological polar surface area (TPSA) is 46.3 Å². The van der Waals surface area contributed by atoms with Gasteiger partial charge in [-0.05, 0) is 6.07 Å². The van der Waals surface area contributed by atoms with Gasteiger partial charge in [0.2, 0.25) is 11.9 Å². The molecule has 0 aromatic heterocycles. The number of allylic oxidation sites excluding steroid dienone is 2. The Morgan fingerprint density at radius 2 is 2.10 bits per heavy atom. The smallest absolute Gasteiger partial charge is 0.256 e. The first-order valence-corrected chi connectivity index (χ1v) is 6.78. The second-order valence-electron chi connectivity index (χ2n) is 5.13. The molecule has 2 heterocycles. The average Bonchev–Trinajstić information content (AvgIpc) is 2.85. The highest BCUT2D eigenvalue weighted by Crippen LogP contribution is 2.30. The van der Waals surface area contributed by atoms with Crippen LogP contribution < -0.4 is 10.3 Å². The van der Waals surface area contributed by atoms with Crippen molar-refractivity contribution in [2.24, 2.45) is 0 Å². The molecule has 4 rings (SSSR count). The largest absolute Gasteiger partial charge is 0.351 e. The molecule has 4 nitrogen and oxygen atoms in total. The van der Waals surface area contributed by atoms with Crippen LogP contribution >= 0.6 is 0 Å². The fraction of sp³-hybridized carbons (Fsp3) is 0.125. The van der Waals surface area contributed by atoms with E-state index < -0.39 is 6.04 Å². The number of rotatable bonds is 1. The molecule has 2 N–H and O–H groups in total. The van der Waals surface area contributed by atoms with Crippen LogP contribution in [0, 0.1) is 5.82 Å². The zero-order valence-corrected chi connectivity index (χ0v) is 11.1. The molecule has 0 spiro atoms. The molecule has 2 unspecified atom stereocenters. The predicted octanol–water partition coefficient (Wildman–Crippen LogP) is 0.127. The summed E-state index contributed by atoms with van der Waals surface area (Å²) in [7, 11) is 0. The third-order valence-electron chi connectivity index (χ3n) is 3.91. The van der Waals surface area contributed by atoms with Gasteiger partial charge in [-0.1, -0.05) is 36.4 Å². The van der Waals surface area contributed by atoms with E-state index in [-0.39, 0.29) is 17.8 Å². The third kappa shape index (κ3) is 1.74. The molecule has 0 bridgehead atoms. The lowest BCUT2D eigenvalue weighted by molar-refractivity contribution is -0.380. The number of halogens is 1. The summed E-state index contributed by atoms with van der Waals surface area (Å²) in [5.41, 5.74) is 1.31. The van der Waals surface area contributed by atoms with Gasteiger partial charge in [0.25, 0.3) is 5.91 Å². The molecule has 104 valence electrons. The molecule has 1 saturated heterocycles. The fourth-order valence-corrected chi connectivity index (χ4v) is 2.90. The van der Waals surface area contributed by atoms with E-state index in [1.807, 2.05) is 24.3 Å². The van der Waals surface area contributed by atoms with Gasteiger partial charge >= 0.3 is 0 Å². The van der Waals surface area contributed by atoms with Gasteiger partial charge in [-0.3, -0.25) is 9.69 Å². The number of nitrogens with one attached hydrogen (secondary N) is 2. The monoisotopic (exact) mass is 282 g/mol. The number of hydrogen-bond acceptors (Lipinski definition) is 2. The van der Waals surface area contributed by atoms with Crippen molar-refractivity contribution >= 4 is 11.6 Å². The molecule has 3 aliphatic rings. The van der Waals surface area contributed by atoms with Crippen molar-refractivity contribution in [3.63, 3.8) is 0 Å². The van der Waals surface area contributed by atoms with Crippen molar-refractivity contribution in [3.05, 3.63) is 72.0 Å². The van der Waals surface area contributed by atoms with E-state index >= 15 is 0 Å². The minimum Gasteiger partial charge on any atom is -0.351 e. The first-order valence-electron chi connectivity index (χ1n) is 6.78. The Bertz CT molecular complexity index is 748. The molecule has 1 amide bonds. The highest BCUT2D eigenvalue weighted by Gasteiger charge is 2.45. The quantitative estimate of drug-likeness (QED) is 0.769. The lowest BCUT2D eigenvalue weighted by atomic mass is 10.0. The van der Waals surface area contributed by atoms with Crippen molar-refractivity contribution in [2.45, 2.75) is 12.1 Å². The molecule has 1 aliphatic carbocycles. The van der Waals surface area contributed by atoms with E-state index in [2.05, 4.69) is 10.3 Å². The van der Waals surface area contributed by atoms with E-state index in [0.29, 0.717) is 11.4 Å². The molecule has 0 saturated carbocycles. The van der Waals surface area contributed by atoms with Gasteiger partial charge in [0.15, 0.2) is 5.82 Å². The SMILES string of the molecule is O=C1C(c2ccccc2F)NC2=C[NH+]=C3C=CC=CC3N12. The number of hydrogen-bond donors (Lipinski definition) is 2. The van der Waals surface area contributed by atoms with Gasteiger partial charge in [-0.15, -0.1) is 0 Å². The summed E-state index contributed by atoms with van der Waals surface area (Å²) in [6, 6.07) is 5.52. The zero-order chi connectivity index (χ0) is 14.4. The van der Waals surface area contributed by atoms with Crippen LogP contribution in [0.15, 0.2) is 60.6 Å². The van der Waals surface area contributed by atoms with Gasteiger partial charge in [0, 0.05) is 11.6 Å². The Morgan fingerprint density at radius 1 is 1.24 bits per heavy atom. The average molecular weight is 282 g/mol. The van der Waals surface area contributed by atoms with Gasteiger partial charge in [0.05, 0.1) is 0 Å². The first kappa shape index (κ1) is 12.1. The maximum Gasteiger partial charge on any atom is 0.256 e. The molecule has 2 atom stereocenters. The standard InChI is InChI=1S/C16H12FN3O/c17-11-6-2-1-5-10(11)15-16(21)20-13-8-4-3-7-12(13)18-9-14(20)19-15/h1-9,13,15,19H/p+1. The van der Waals surface area contributed by atoms with Gasteiger partial charge in [-0.2, -0.15) is 0 Å². The predicted molar refractivity (Wildman–Crippen MR) is 75.2 cm³/mol. The molecule has 1 aromatic rings. The summed E-state index contributed by atoms with van der Waals surface area (Å²) in [4.78, 5) is 17.5. The van der Waals surface area contributed by atoms with Crippen LogP contribution in [0.3, 0.4) is 0 Å². The Balaban J connectivity index is 1.73. The Morgan fingerprint density at radius 3 is 2.95 bits per heavy atom. The Hall–Kier alpha value is -2.69. The molecule has 0 radical (unpaired) electrons. The van der Waals surface area contributed by atoms with E-state index in [9.17, 15) is 9.18 Å². The second kappa shape index (κ2) is 4.41. The van der Waals surface area contributed by atoms with Crippen molar-refractivity contribution < 1.29 is 14.2 Å². The summed E-state index contributed by atoms with van der Waals surface area (Å²) in [6.45, 7) is 0.